The van der Waals surface area contributed by atoms with Crippen molar-refractivity contribution in [1.29, 1.82) is 0 Å². The molecule has 2 aromatic heterocycles. The summed E-state index contributed by atoms with van der Waals surface area (Å²) >= 11 is 1.60. The molecule has 1 N–H and O–H groups in total. The first kappa shape index (κ1) is 17.7. The summed E-state index contributed by atoms with van der Waals surface area (Å²) in [6.07, 6.45) is 4.03. The maximum absolute atomic E-state index is 12.8. The van der Waals surface area contributed by atoms with Crippen molar-refractivity contribution in [2.45, 2.75) is 38.8 Å². The molecule has 140 valence electrons. The molecular weight excluding hydrogens is 362 g/mol. The molecule has 1 aliphatic rings. The Balaban J connectivity index is 1.47. The Morgan fingerprint density at radius 3 is 3.04 bits per heavy atom. The van der Waals surface area contributed by atoms with E-state index in [1.54, 1.807) is 34.1 Å². The van der Waals surface area contributed by atoms with Crippen molar-refractivity contribution < 1.29 is 9.53 Å². The lowest BCUT2D eigenvalue weighted by atomic mass is 10.2. The lowest BCUT2D eigenvalue weighted by molar-refractivity contribution is -0.123. The molecule has 0 bridgehead atoms. The average Bonchev–Trinajstić information content (AvgIpc) is 3.09. The highest BCUT2D eigenvalue weighted by Gasteiger charge is 2.14. The number of amides is 1. The van der Waals surface area contributed by atoms with E-state index in [1.165, 1.54) is 0 Å². The molecule has 7 heteroatoms. The zero-order valence-electron chi connectivity index (χ0n) is 14.9. The number of ether oxygens (including phenoxy) is 1. The Kier molecular flexibility index (Phi) is 5.20. The van der Waals surface area contributed by atoms with Crippen LogP contribution >= 0.6 is 11.3 Å². The molecule has 1 aliphatic heterocycles. The topological polar surface area (TPSA) is 73.2 Å². The van der Waals surface area contributed by atoms with Gasteiger partial charge in [0.15, 0.2) is 6.61 Å². The second-order valence-corrected chi connectivity index (χ2v) is 7.65. The number of carbonyl (C=O) groups is 1. The normalized spacial score (nSPS) is 13.8. The molecule has 4 rings (SSSR count). The molecule has 0 saturated carbocycles. The van der Waals surface area contributed by atoms with Crippen LogP contribution in [0, 0.1) is 0 Å². The van der Waals surface area contributed by atoms with Crippen LogP contribution in [-0.4, -0.2) is 22.1 Å². The second-order valence-electron chi connectivity index (χ2n) is 6.62. The molecule has 0 aliphatic carbocycles. The summed E-state index contributed by atoms with van der Waals surface area (Å²) in [5.74, 6) is 1.17. The smallest absolute Gasteiger partial charge is 0.261 e. The summed E-state index contributed by atoms with van der Waals surface area (Å²) in [7, 11) is 0. The van der Waals surface area contributed by atoms with Gasteiger partial charge < -0.3 is 10.1 Å². The Morgan fingerprint density at radius 1 is 1.26 bits per heavy atom. The number of rotatable bonds is 5. The molecule has 3 aromatic rings. The van der Waals surface area contributed by atoms with Crippen LogP contribution in [-0.2, 0) is 24.3 Å². The largest absolute Gasteiger partial charge is 0.484 e. The molecule has 1 amide bonds. The van der Waals surface area contributed by atoms with E-state index in [-0.39, 0.29) is 18.1 Å². The number of nitrogens with zero attached hydrogens (tertiary/aromatic N) is 2. The van der Waals surface area contributed by atoms with Crippen LogP contribution in [0.1, 0.15) is 30.0 Å². The molecule has 3 heterocycles. The zero-order chi connectivity index (χ0) is 18.6. The van der Waals surface area contributed by atoms with Gasteiger partial charge in [-0.2, -0.15) is 0 Å². The van der Waals surface area contributed by atoms with E-state index in [4.69, 9.17) is 4.74 Å². The molecule has 0 fully saturated rings. The Morgan fingerprint density at radius 2 is 2.19 bits per heavy atom. The van der Waals surface area contributed by atoms with Crippen molar-refractivity contribution in [3.63, 3.8) is 0 Å². The van der Waals surface area contributed by atoms with E-state index in [2.05, 4.69) is 10.3 Å². The minimum atomic E-state index is -0.194. The van der Waals surface area contributed by atoms with Gasteiger partial charge in [-0.1, -0.05) is 12.5 Å². The third-order valence-electron chi connectivity index (χ3n) is 4.70. The molecule has 6 nitrogen and oxygen atoms in total. The minimum Gasteiger partial charge on any atom is -0.484 e. The summed E-state index contributed by atoms with van der Waals surface area (Å²) in [4.78, 5) is 30.6. The first-order valence-corrected chi connectivity index (χ1v) is 10.0. The Hall–Kier alpha value is -2.67. The van der Waals surface area contributed by atoms with E-state index >= 15 is 0 Å². The Bertz CT molecular complexity index is 1010. The monoisotopic (exact) mass is 383 g/mol. The second kappa shape index (κ2) is 7.92. The van der Waals surface area contributed by atoms with Gasteiger partial charge in [0.05, 0.1) is 17.4 Å². The summed E-state index contributed by atoms with van der Waals surface area (Å²) < 4.78 is 7.37. The Labute approximate surface area is 160 Å². The van der Waals surface area contributed by atoms with Crippen molar-refractivity contribution in [2.75, 3.05) is 6.61 Å². The van der Waals surface area contributed by atoms with Crippen LogP contribution in [0.25, 0.3) is 10.9 Å². The fourth-order valence-electron chi connectivity index (χ4n) is 3.29. The number of aromatic nitrogens is 2. The third kappa shape index (κ3) is 4.03. The van der Waals surface area contributed by atoms with Gasteiger partial charge in [0.25, 0.3) is 11.5 Å². The molecule has 27 heavy (non-hydrogen) atoms. The van der Waals surface area contributed by atoms with Gasteiger partial charge in [0.1, 0.15) is 11.6 Å². The number of hydrogen-bond acceptors (Lipinski definition) is 5. The van der Waals surface area contributed by atoms with E-state index in [9.17, 15) is 9.59 Å². The van der Waals surface area contributed by atoms with Gasteiger partial charge in [-0.3, -0.25) is 14.2 Å². The highest BCUT2D eigenvalue weighted by atomic mass is 32.1. The van der Waals surface area contributed by atoms with Crippen molar-refractivity contribution in [1.82, 2.24) is 14.9 Å². The molecule has 0 radical (unpaired) electrons. The number of benzene rings is 1. The highest BCUT2D eigenvalue weighted by Crippen LogP contribution is 2.19. The van der Waals surface area contributed by atoms with Gasteiger partial charge in [-0.25, -0.2) is 4.98 Å². The van der Waals surface area contributed by atoms with Crippen molar-refractivity contribution in [2.24, 2.45) is 0 Å². The number of aryl methyl sites for hydroxylation is 1. The van der Waals surface area contributed by atoms with Crippen LogP contribution < -0.4 is 15.6 Å². The van der Waals surface area contributed by atoms with Gasteiger partial charge in [0, 0.05) is 17.8 Å². The highest BCUT2D eigenvalue weighted by molar-refractivity contribution is 7.09. The van der Waals surface area contributed by atoms with Crippen LogP contribution in [0.4, 0.5) is 0 Å². The van der Waals surface area contributed by atoms with Crippen molar-refractivity contribution in [3.8, 4) is 5.75 Å². The summed E-state index contributed by atoms with van der Waals surface area (Å²) in [5.41, 5.74) is 0.659. The van der Waals surface area contributed by atoms with E-state index in [0.717, 1.165) is 36.4 Å². The summed E-state index contributed by atoms with van der Waals surface area (Å²) in [6.45, 7) is 1.12. The first-order chi connectivity index (χ1) is 13.2. The van der Waals surface area contributed by atoms with Crippen LogP contribution in [0.3, 0.4) is 0 Å². The lowest BCUT2D eigenvalue weighted by Gasteiger charge is -2.11. The van der Waals surface area contributed by atoms with Gasteiger partial charge in [-0.15, -0.1) is 11.3 Å². The number of hydrogen-bond donors (Lipinski definition) is 1. The maximum atomic E-state index is 12.8. The molecule has 0 unspecified atom stereocenters. The lowest BCUT2D eigenvalue weighted by Crippen LogP contribution is -2.28. The van der Waals surface area contributed by atoms with Gasteiger partial charge >= 0.3 is 0 Å². The first-order valence-electron chi connectivity index (χ1n) is 9.16. The molecule has 1 aromatic carbocycles. The average molecular weight is 383 g/mol. The van der Waals surface area contributed by atoms with Crippen LogP contribution in [0.15, 0.2) is 40.5 Å². The fraction of sp³-hybridized carbons (Fsp3) is 0.350. The summed E-state index contributed by atoms with van der Waals surface area (Å²) in [6, 6.07) is 9.16. The standard InChI is InChI=1S/C20H21N3O3S/c24-19(21-12-15-5-4-10-27-15)13-26-14-7-8-17-16(11-14)20(25)23-9-3-1-2-6-18(23)22-17/h4-5,7-8,10-11H,1-3,6,9,12-13H2,(H,21,24). The van der Waals surface area contributed by atoms with Crippen LogP contribution in [0.2, 0.25) is 0 Å². The van der Waals surface area contributed by atoms with Crippen molar-refractivity contribution in [3.05, 3.63) is 56.8 Å². The van der Waals surface area contributed by atoms with Crippen molar-refractivity contribution >= 4 is 28.1 Å². The quantitative estimate of drug-likeness (QED) is 0.735. The predicted octanol–water partition coefficient (Wildman–Crippen LogP) is 2.88. The summed E-state index contributed by atoms with van der Waals surface area (Å²) in [5, 5.41) is 5.33. The molecule has 0 spiro atoms. The van der Waals surface area contributed by atoms with E-state index in [0.29, 0.717) is 29.7 Å². The maximum Gasteiger partial charge on any atom is 0.261 e. The number of nitrogens with one attached hydrogen (secondary N) is 1. The molecule has 0 saturated heterocycles. The van der Waals surface area contributed by atoms with Gasteiger partial charge in [-0.05, 0) is 42.5 Å². The fourth-order valence-corrected chi connectivity index (χ4v) is 3.93. The predicted molar refractivity (Wildman–Crippen MR) is 105 cm³/mol. The van der Waals surface area contributed by atoms with Crippen LogP contribution in [0.5, 0.6) is 5.75 Å². The van der Waals surface area contributed by atoms with E-state index < -0.39 is 0 Å². The van der Waals surface area contributed by atoms with E-state index in [1.807, 2.05) is 17.5 Å². The number of thiophene rings is 1. The minimum absolute atomic E-state index is 0.0236. The SMILES string of the molecule is O=C(COc1ccc2nc3n(c(=O)c2c1)CCCCC3)NCc1cccs1. The zero-order valence-corrected chi connectivity index (χ0v) is 15.8. The van der Waals surface area contributed by atoms with Gasteiger partial charge in [0.2, 0.25) is 0 Å². The number of carbonyl (C=O) groups excluding carboxylic acids is 1. The third-order valence-corrected chi connectivity index (χ3v) is 5.57. The molecule has 0 atom stereocenters. The number of fused-ring (bicyclic) bond motifs is 2. The molecular formula is C20H21N3O3S.